The van der Waals surface area contributed by atoms with E-state index in [1.54, 1.807) is 11.3 Å². The highest BCUT2D eigenvalue weighted by Crippen LogP contribution is 2.32. The lowest BCUT2D eigenvalue weighted by atomic mass is 10.3. The monoisotopic (exact) mass is 447 g/mol. The molecule has 0 fully saturated rings. The Labute approximate surface area is 158 Å². The summed E-state index contributed by atoms with van der Waals surface area (Å²) >= 11 is 7.85. The van der Waals surface area contributed by atoms with Crippen molar-refractivity contribution < 1.29 is 10.2 Å². The first-order valence-electron chi connectivity index (χ1n) is 6.95. The van der Waals surface area contributed by atoms with E-state index in [0.717, 1.165) is 15.4 Å². The number of rotatable bonds is 7. The third-order valence-corrected chi connectivity index (χ3v) is 6.21. The zero-order valence-corrected chi connectivity index (χ0v) is 16.6. The summed E-state index contributed by atoms with van der Waals surface area (Å²) < 4.78 is 1.49. The standard InChI is InChI=1S/C13H14BrN5O2S3/c1-6-15-8(4-22-6)5-23-13-18-10(16-7(2-20)3-21)9-11(19-13)17-12(14)24-9/h4,7,20-21H,2-3,5H2,1H3,(H,16,18,19). The van der Waals surface area contributed by atoms with Gasteiger partial charge < -0.3 is 15.5 Å². The van der Waals surface area contributed by atoms with E-state index in [-0.39, 0.29) is 13.2 Å². The molecule has 0 radical (unpaired) electrons. The predicted octanol–water partition coefficient (Wildman–Crippen LogP) is 2.67. The Bertz CT molecular complexity index is 836. The molecule has 0 aliphatic rings. The summed E-state index contributed by atoms with van der Waals surface area (Å²) in [5.74, 6) is 1.23. The van der Waals surface area contributed by atoms with Crippen LogP contribution in [-0.4, -0.2) is 49.4 Å². The number of anilines is 1. The van der Waals surface area contributed by atoms with Gasteiger partial charge in [0, 0.05) is 11.1 Å². The van der Waals surface area contributed by atoms with Crippen molar-refractivity contribution in [1.29, 1.82) is 0 Å². The minimum Gasteiger partial charge on any atom is -0.394 e. The number of fused-ring (bicyclic) bond motifs is 1. The highest BCUT2D eigenvalue weighted by Gasteiger charge is 2.16. The minimum atomic E-state index is -0.483. The van der Waals surface area contributed by atoms with Crippen LogP contribution in [0.1, 0.15) is 10.7 Å². The molecule has 0 spiro atoms. The molecule has 3 aromatic heterocycles. The second-order valence-electron chi connectivity index (χ2n) is 4.83. The van der Waals surface area contributed by atoms with Gasteiger partial charge in [-0.25, -0.2) is 19.9 Å². The zero-order valence-electron chi connectivity index (χ0n) is 12.6. The molecular formula is C13H14BrN5O2S3. The largest absolute Gasteiger partial charge is 0.394 e. The number of thiazole rings is 2. The Hall–Kier alpha value is -0.850. The third-order valence-electron chi connectivity index (χ3n) is 3.00. The van der Waals surface area contributed by atoms with E-state index in [9.17, 15) is 10.2 Å². The van der Waals surface area contributed by atoms with Crippen LogP contribution in [-0.2, 0) is 5.75 Å². The summed E-state index contributed by atoms with van der Waals surface area (Å²) in [4.78, 5) is 17.8. The summed E-state index contributed by atoms with van der Waals surface area (Å²) in [6.45, 7) is 1.59. The van der Waals surface area contributed by atoms with Crippen molar-refractivity contribution in [2.24, 2.45) is 0 Å². The van der Waals surface area contributed by atoms with E-state index in [2.05, 4.69) is 41.2 Å². The molecule has 0 atom stereocenters. The average Bonchev–Trinajstić information content (AvgIpc) is 3.15. The van der Waals surface area contributed by atoms with Crippen molar-refractivity contribution in [1.82, 2.24) is 19.9 Å². The zero-order chi connectivity index (χ0) is 17.1. The third kappa shape index (κ3) is 4.21. The normalized spacial score (nSPS) is 11.5. The summed E-state index contributed by atoms with van der Waals surface area (Å²) in [5, 5.41) is 25.2. The fourth-order valence-electron chi connectivity index (χ4n) is 1.90. The molecule has 11 heteroatoms. The van der Waals surface area contributed by atoms with Gasteiger partial charge in [0.25, 0.3) is 0 Å². The lowest BCUT2D eigenvalue weighted by Crippen LogP contribution is -2.28. The topological polar surface area (TPSA) is 104 Å². The molecule has 24 heavy (non-hydrogen) atoms. The Kier molecular flexibility index (Phi) is 6.00. The van der Waals surface area contributed by atoms with Crippen LogP contribution < -0.4 is 5.32 Å². The molecule has 0 bridgehead atoms. The predicted molar refractivity (Wildman–Crippen MR) is 101 cm³/mol. The van der Waals surface area contributed by atoms with Gasteiger partial charge in [-0.1, -0.05) is 11.8 Å². The number of thioether (sulfide) groups is 1. The van der Waals surface area contributed by atoms with E-state index in [1.165, 1.54) is 23.1 Å². The fourth-order valence-corrected chi connectivity index (χ4v) is 4.68. The molecule has 0 amide bonds. The van der Waals surface area contributed by atoms with Crippen molar-refractivity contribution in [2.45, 2.75) is 23.9 Å². The van der Waals surface area contributed by atoms with Crippen molar-refractivity contribution in [2.75, 3.05) is 18.5 Å². The van der Waals surface area contributed by atoms with Crippen molar-refractivity contribution in [3.05, 3.63) is 20.0 Å². The van der Waals surface area contributed by atoms with Crippen LogP contribution in [0.3, 0.4) is 0 Å². The van der Waals surface area contributed by atoms with Crippen LogP contribution in [0, 0.1) is 6.92 Å². The maximum absolute atomic E-state index is 9.29. The van der Waals surface area contributed by atoms with Crippen molar-refractivity contribution in [3.63, 3.8) is 0 Å². The van der Waals surface area contributed by atoms with Crippen LogP contribution in [0.15, 0.2) is 14.5 Å². The van der Waals surface area contributed by atoms with Gasteiger partial charge >= 0.3 is 0 Å². The van der Waals surface area contributed by atoms with Crippen LogP contribution >= 0.6 is 50.4 Å². The molecule has 7 nitrogen and oxygen atoms in total. The van der Waals surface area contributed by atoms with Gasteiger partial charge in [-0.05, 0) is 22.9 Å². The number of nitrogens with zero attached hydrogens (tertiary/aromatic N) is 4. The second-order valence-corrected chi connectivity index (χ2v) is 9.11. The number of aliphatic hydroxyl groups excluding tert-OH is 2. The number of aromatic nitrogens is 4. The molecule has 3 aromatic rings. The maximum atomic E-state index is 9.29. The molecule has 0 saturated heterocycles. The molecule has 128 valence electrons. The average molecular weight is 448 g/mol. The molecule has 0 aromatic carbocycles. The van der Waals surface area contributed by atoms with Gasteiger partial charge in [-0.2, -0.15) is 0 Å². The molecule has 0 aliphatic carbocycles. The number of hydrogen-bond donors (Lipinski definition) is 3. The Balaban J connectivity index is 1.87. The summed E-state index contributed by atoms with van der Waals surface area (Å²) in [6, 6.07) is -0.483. The van der Waals surface area contributed by atoms with Gasteiger partial charge in [0.1, 0.15) is 4.70 Å². The first-order chi connectivity index (χ1) is 11.6. The maximum Gasteiger partial charge on any atom is 0.192 e. The van der Waals surface area contributed by atoms with E-state index in [4.69, 9.17) is 0 Å². The summed E-state index contributed by atoms with van der Waals surface area (Å²) in [6.07, 6.45) is 0. The molecule has 3 N–H and O–H groups in total. The van der Waals surface area contributed by atoms with Crippen LogP contribution in [0.2, 0.25) is 0 Å². The quantitative estimate of drug-likeness (QED) is 0.375. The van der Waals surface area contributed by atoms with Gasteiger partial charge in [-0.3, -0.25) is 0 Å². The van der Waals surface area contributed by atoms with Crippen LogP contribution in [0.25, 0.3) is 10.3 Å². The Morgan fingerprint density at radius 3 is 2.71 bits per heavy atom. The van der Waals surface area contributed by atoms with Gasteiger partial charge in [-0.15, -0.1) is 22.7 Å². The number of aliphatic hydroxyl groups is 2. The van der Waals surface area contributed by atoms with Gasteiger partial charge in [0.15, 0.2) is 20.5 Å². The first-order valence-corrected chi connectivity index (χ1v) is 10.4. The highest BCUT2D eigenvalue weighted by atomic mass is 79.9. The minimum absolute atomic E-state index is 0.192. The Morgan fingerprint density at radius 1 is 1.25 bits per heavy atom. The second kappa shape index (κ2) is 8.02. The number of halogens is 1. The smallest absolute Gasteiger partial charge is 0.192 e. The van der Waals surface area contributed by atoms with Crippen molar-refractivity contribution >= 4 is 66.5 Å². The fraction of sp³-hybridized carbons (Fsp3) is 0.385. The molecule has 0 saturated carbocycles. The van der Waals surface area contributed by atoms with Crippen molar-refractivity contribution in [3.8, 4) is 0 Å². The van der Waals surface area contributed by atoms with E-state index >= 15 is 0 Å². The highest BCUT2D eigenvalue weighted by molar-refractivity contribution is 9.11. The molecular weight excluding hydrogens is 434 g/mol. The van der Waals surface area contributed by atoms with Gasteiger partial charge in [0.05, 0.1) is 30.0 Å². The van der Waals surface area contributed by atoms with Crippen LogP contribution in [0.4, 0.5) is 5.82 Å². The summed E-state index contributed by atoms with van der Waals surface area (Å²) in [5.41, 5.74) is 1.57. The molecule has 3 heterocycles. The lowest BCUT2D eigenvalue weighted by molar-refractivity contribution is 0.203. The van der Waals surface area contributed by atoms with E-state index in [0.29, 0.717) is 26.3 Å². The summed E-state index contributed by atoms with van der Waals surface area (Å²) in [7, 11) is 0. The van der Waals surface area contributed by atoms with Gasteiger partial charge in [0.2, 0.25) is 0 Å². The van der Waals surface area contributed by atoms with Crippen LogP contribution in [0.5, 0.6) is 0 Å². The lowest BCUT2D eigenvalue weighted by Gasteiger charge is -2.14. The van der Waals surface area contributed by atoms with E-state index < -0.39 is 6.04 Å². The molecule has 3 rings (SSSR count). The number of aryl methyl sites for hydroxylation is 1. The Morgan fingerprint density at radius 2 is 2.04 bits per heavy atom. The SMILES string of the molecule is Cc1nc(CSc2nc(NC(CO)CO)c3sc(Br)nc3n2)cs1. The molecule has 0 aliphatic heterocycles. The number of nitrogens with one attached hydrogen (secondary N) is 1. The van der Waals surface area contributed by atoms with E-state index in [1.807, 2.05) is 12.3 Å². The number of hydrogen-bond acceptors (Lipinski definition) is 10. The first kappa shape index (κ1) is 18.0. The molecule has 0 unspecified atom stereocenters.